The molecule has 1 amide bonds. The first kappa shape index (κ1) is 19.4. The molecule has 1 fully saturated rings. The molecule has 7 heteroatoms. The number of carbonyl (C=O) groups is 1. The van der Waals surface area contributed by atoms with Gasteiger partial charge in [0.05, 0.1) is 4.90 Å². The molecule has 0 spiro atoms. The van der Waals surface area contributed by atoms with Crippen molar-refractivity contribution in [2.75, 3.05) is 10.0 Å². The van der Waals surface area contributed by atoms with Crippen LogP contribution < -0.4 is 10.0 Å². The summed E-state index contributed by atoms with van der Waals surface area (Å²) in [5.41, 5.74) is 1.27. The zero-order chi connectivity index (χ0) is 19.4. The topological polar surface area (TPSA) is 75.3 Å². The van der Waals surface area contributed by atoms with Gasteiger partial charge >= 0.3 is 0 Å². The summed E-state index contributed by atoms with van der Waals surface area (Å²) in [5, 5.41) is 2.80. The lowest BCUT2D eigenvalue weighted by molar-refractivity contribution is -0.117. The zero-order valence-corrected chi connectivity index (χ0v) is 16.0. The second-order valence-corrected chi connectivity index (χ2v) is 8.65. The standard InChI is InChI=1S/C20H23FN2O3S/c1-14-6-9-18(22-20(24)12-15-4-2-3-5-15)13-19(14)27(25,26)23-17-10-7-16(21)8-11-17/h6-11,13,15,23H,2-5,12H2,1H3,(H,22,24). The highest BCUT2D eigenvalue weighted by atomic mass is 32.2. The predicted octanol–water partition coefficient (Wildman–Crippen LogP) is 4.45. The van der Waals surface area contributed by atoms with Gasteiger partial charge in [0, 0.05) is 17.8 Å². The molecule has 2 aromatic rings. The molecule has 0 bridgehead atoms. The number of sulfonamides is 1. The van der Waals surface area contributed by atoms with Crippen molar-refractivity contribution in [2.24, 2.45) is 5.92 Å². The average molecular weight is 390 g/mol. The smallest absolute Gasteiger partial charge is 0.262 e. The van der Waals surface area contributed by atoms with Crippen molar-refractivity contribution in [3.63, 3.8) is 0 Å². The number of halogens is 1. The second kappa shape index (κ2) is 8.08. The van der Waals surface area contributed by atoms with Crippen molar-refractivity contribution < 1.29 is 17.6 Å². The van der Waals surface area contributed by atoms with E-state index in [2.05, 4.69) is 10.0 Å². The highest BCUT2D eigenvalue weighted by Crippen LogP contribution is 2.28. The van der Waals surface area contributed by atoms with Gasteiger partial charge in [-0.3, -0.25) is 9.52 Å². The summed E-state index contributed by atoms with van der Waals surface area (Å²) < 4.78 is 40.9. The fourth-order valence-electron chi connectivity index (χ4n) is 3.38. The average Bonchev–Trinajstić information content (AvgIpc) is 3.11. The van der Waals surface area contributed by atoms with Crippen molar-refractivity contribution in [1.29, 1.82) is 0 Å². The molecule has 2 N–H and O–H groups in total. The van der Waals surface area contributed by atoms with Crippen LogP contribution in [0.1, 0.15) is 37.7 Å². The molecule has 1 aliphatic rings. The first-order chi connectivity index (χ1) is 12.8. The third-order valence-electron chi connectivity index (χ3n) is 4.81. The molecular formula is C20H23FN2O3S. The van der Waals surface area contributed by atoms with Crippen molar-refractivity contribution in [3.05, 3.63) is 53.8 Å². The van der Waals surface area contributed by atoms with E-state index < -0.39 is 15.8 Å². The largest absolute Gasteiger partial charge is 0.326 e. The van der Waals surface area contributed by atoms with E-state index in [1.165, 1.54) is 43.2 Å². The molecule has 1 saturated carbocycles. The number of nitrogens with one attached hydrogen (secondary N) is 2. The maximum absolute atomic E-state index is 13.0. The molecule has 3 rings (SSSR count). The molecule has 0 aromatic heterocycles. The lowest BCUT2D eigenvalue weighted by atomic mass is 10.0. The minimum Gasteiger partial charge on any atom is -0.326 e. The zero-order valence-electron chi connectivity index (χ0n) is 15.2. The van der Waals surface area contributed by atoms with E-state index in [4.69, 9.17) is 0 Å². The van der Waals surface area contributed by atoms with Crippen LogP contribution in [0.2, 0.25) is 0 Å². The summed E-state index contributed by atoms with van der Waals surface area (Å²) >= 11 is 0. The summed E-state index contributed by atoms with van der Waals surface area (Å²) in [6, 6.07) is 9.89. The normalized spacial score (nSPS) is 14.9. The monoisotopic (exact) mass is 390 g/mol. The van der Waals surface area contributed by atoms with Crippen LogP contribution >= 0.6 is 0 Å². The van der Waals surface area contributed by atoms with Crippen LogP contribution in [0.15, 0.2) is 47.4 Å². The van der Waals surface area contributed by atoms with Crippen LogP contribution in [0.25, 0.3) is 0 Å². The van der Waals surface area contributed by atoms with Crippen LogP contribution in [0.5, 0.6) is 0 Å². The molecule has 144 valence electrons. The summed E-state index contributed by atoms with van der Waals surface area (Å²) in [4.78, 5) is 12.3. The molecule has 27 heavy (non-hydrogen) atoms. The summed E-state index contributed by atoms with van der Waals surface area (Å²) in [7, 11) is -3.86. The Morgan fingerprint density at radius 1 is 1.07 bits per heavy atom. The lowest BCUT2D eigenvalue weighted by Crippen LogP contribution is -2.17. The number of carbonyl (C=O) groups excluding carboxylic acids is 1. The second-order valence-electron chi connectivity index (χ2n) is 7.00. The highest BCUT2D eigenvalue weighted by Gasteiger charge is 2.20. The van der Waals surface area contributed by atoms with Gasteiger partial charge in [0.15, 0.2) is 0 Å². The third kappa shape index (κ3) is 5.07. The van der Waals surface area contributed by atoms with Gasteiger partial charge in [-0.2, -0.15) is 0 Å². The van der Waals surface area contributed by atoms with Gasteiger partial charge in [-0.15, -0.1) is 0 Å². The lowest BCUT2D eigenvalue weighted by Gasteiger charge is -2.14. The molecule has 1 aliphatic carbocycles. The Morgan fingerprint density at radius 3 is 2.37 bits per heavy atom. The van der Waals surface area contributed by atoms with E-state index in [9.17, 15) is 17.6 Å². The van der Waals surface area contributed by atoms with Crippen LogP contribution in [-0.2, 0) is 14.8 Å². The van der Waals surface area contributed by atoms with Gasteiger partial charge in [-0.05, 0) is 67.6 Å². The quantitative estimate of drug-likeness (QED) is 0.765. The first-order valence-corrected chi connectivity index (χ1v) is 10.5. The number of amides is 1. The Bertz CT molecular complexity index is 921. The molecule has 0 radical (unpaired) electrons. The summed E-state index contributed by atoms with van der Waals surface area (Å²) in [6.45, 7) is 1.68. The molecule has 0 heterocycles. The molecule has 0 saturated heterocycles. The van der Waals surface area contributed by atoms with Crippen molar-refractivity contribution in [3.8, 4) is 0 Å². The van der Waals surface area contributed by atoms with Gasteiger partial charge in [-0.25, -0.2) is 12.8 Å². The van der Waals surface area contributed by atoms with E-state index in [1.54, 1.807) is 19.1 Å². The fourth-order valence-corrected chi connectivity index (χ4v) is 4.71. The number of aryl methyl sites for hydroxylation is 1. The van der Waals surface area contributed by atoms with Crippen LogP contribution in [0, 0.1) is 18.7 Å². The van der Waals surface area contributed by atoms with Gasteiger partial charge in [0.25, 0.3) is 10.0 Å². The molecule has 0 aliphatic heterocycles. The number of hydrogen-bond donors (Lipinski definition) is 2. The van der Waals surface area contributed by atoms with Gasteiger partial charge in [0.1, 0.15) is 5.82 Å². The SMILES string of the molecule is Cc1ccc(NC(=O)CC2CCCC2)cc1S(=O)(=O)Nc1ccc(F)cc1. The van der Waals surface area contributed by atoms with E-state index in [0.29, 0.717) is 23.6 Å². The van der Waals surface area contributed by atoms with Crippen molar-refractivity contribution >= 4 is 27.3 Å². The van der Waals surface area contributed by atoms with Gasteiger partial charge in [0.2, 0.25) is 5.91 Å². The molecule has 2 aromatic carbocycles. The Kier molecular flexibility index (Phi) is 5.79. The number of benzene rings is 2. The Hall–Kier alpha value is -2.41. The van der Waals surface area contributed by atoms with Crippen LogP contribution in [0.3, 0.4) is 0 Å². The van der Waals surface area contributed by atoms with Crippen LogP contribution in [-0.4, -0.2) is 14.3 Å². The van der Waals surface area contributed by atoms with Gasteiger partial charge < -0.3 is 5.32 Å². The van der Waals surface area contributed by atoms with Gasteiger partial charge in [-0.1, -0.05) is 18.9 Å². The number of anilines is 2. The van der Waals surface area contributed by atoms with Crippen molar-refractivity contribution in [2.45, 2.75) is 43.9 Å². The Balaban J connectivity index is 1.75. The molecule has 5 nitrogen and oxygen atoms in total. The maximum Gasteiger partial charge on any atom is 0.262 e. The minimum absolute atomic E-state index is 0.0745. The summed E-state index contributed by atoms with van der Waals surface area (Å²) in [5.74, 6) is -0.125. The van der Waals surface area contributed by atoms with Crippen molar-refractivity contribution in [1.82, 2.24) is 0 Å². The Morgan fingerprint density at radius 2 is 1.70 bits per heavy atom. The van der Waals surface area contributed by atoms with E-state index in [-0.39, 0.29) is 16.5 Å². The summed E-state index contributed by atoms with van der Waals surface area (Å²) in [6.07, 6.45) is 4.94. The van der Waals surface area contributed by atoms with E-state index in [0.717, 1.165) is 12.8 Å². The molecule has 0 atom stereocenters. The van der Waals surface area contributed by atoms with E-state index in [1.807, 2.05) is 0 Å². The Labute approximate surface area is 159 Å². The number of hydrogen-bond acceptors (Lipinski definition) is 3. The molecule has 0 unspecified atom stereocenters. The highest BCUT2D eigenvalue weighted by molar-refractivity contribution is 7.92. The predicted molar refractivity (Wildman–Crippen MR) is 104 cm³/mol. The number of rotatable bonds is 6. The van der Waals surface area contributed by atoms with Crippen LogP contribution in [0.4, 0.5) is 15.8 Å². The fraction of sp³-hybridized carbons (Fsp3) is 0.350. The third-order valence-corrected chi connectivity index (χ3v) is 6.33. The minimum atomic E-state index is -3.86. The van der Waals surface area contributed by atoms with E-state index >= 15 is 0 Å². The first-order valence-electron chi connectivity index (χ1n) is 9.02. The molecular weight excluding hydrogens is 367 g/mol. The maximum atomic E-state index is 13.0.